The Bertz CT molecular complexity index is 688. The van der Waals surface area contributed by atoms with Crippen molar-refractivity contribution >= 4 is 36.0 Å². The lowest BCUT2D eigenvalue weighted by molar-refractivity contribution is 0.0474. The predicted molar refractivity (Wildman–Crippen MR) is 127 cm³/mol. The predicted octanol–water partition coefficient (Wildman–Crippen LogP) is 3.29. The molecule has 0 unspecified atom stereocenters. The zero-order chi connectivity index (χ0) is 21.4. The number of amides is 1. The van der Waals surface area contributed by atoms with Crippen LogP contribution >= 0.6 is 24.0 Å². The van der Waals surface area contributed by atoms with Gasteiger partial charge in [-0.3, -0.25) is 4.99 Å². The monoisotopic (exact) mass is 522 g/mol. The lowest BCUT2D eigenvalue weighted by Gasteiger charge is -2.29. The van der Waals surface area contributed by atoms with Gasteiger partial charge in [0.05, 0.1) is 19.8 Å². The number of halogens is 1. The van der Waals surface area contributed by atoms with Gasteiger partial charge in [0.25, 0.3) is 0 Å². The molecule has 0 spiro atoms. The summed E-state index contributed by atoms with van der Waals surface area (Å²) in [5, 5.41) is 9.31. The van der Waals surface area contributed by atoms with Gasteiger partial charge in [-0.15, -0.1) is 24.0 Å². The van der Waals surface area contributed by atoms with E-state index in [0.717, 1.165) is 5.56 Å². The molecule has 0 saturated carbocycles. The highest BCUT2D eigenvalue weighted by Gasteiger charge is 2.24. The Hall–Kier alpha value is -1.91. The molecule has 9 heteroatoms. The summed E-state index contributed by atoms with van der Waals surface area (Å²) in [4.78, 5) is 16.2. The molecule has 8 nitrogen and oxygen atoms in total. The van der Waals surface area contributed by atoms with E-state index in [0.29, 0.717) is 30.5 Å². The Morgan fingerprint density at radius 1 is 1.03 bits per heavy atom. The van der Waals surface area contributed by atoms with E-state index in [2.05, 4.69) is 20.9 Å². The summed E-state index contributed by atoms with van der Waals surface area (Å²) in [6.45, 7) is 10.3. The summed E-state index contributed by atoms with van der Waals surface area (Å²) >= 11 is 0. The van der Waals surface area contributed by atoms with Crippen molar-refractivity contribution in [3.8, 4) is 11.5 Å². The smallest absolute Gasteiger partial charge is 0.408 e. The second-order valence-electron chi connectivity index (χ2n) is 7.98. The second-order valence-corrected chi connectivity index (χ2v) is 7.98. The molecule has 0 aliphatic heterocycles. The third-order valence-corrected chi connectivity index (χ3v) is 3.67. The van der Waals surface area contributed by atoms with E-state index in [4.69, 9.17) is 14.2 Å². The molecular formula is C20H35IN4O4. The van der Waals surface area contributed by atoms with Crippen molar-refractivity contribution in [2.75, 3.05) is 27.8 Å². The molecule has 29 heavy (non-hydrogen) atoms. The number of aliphatic imine (C=N–C) groups is 1. The Labute approximate surface area is 191 Å². The molecule has 166 valence electrons. The van der Waals surface area contributed by atoms with Gasteiger partial charge in [0.15, 0.2) is 17.5 Å². The number of nitrogens with one attached hydrogen (secondary N) is 3. The summed E-state index contributed by atoms with van der Waals surface area (Å²) in [6.07, 6.45) is -0.451. The van der Waals surface area contributed by atoms with Gasteiger partial charge < -0.3 is 30.2 Å². The minimum absolute atomic E-state index is 0. The Balaban J connectivity index is 0.00000784. The SMILES string of the molecule is CN=C(NCc1ccc(OC)c(OC)c1)NCC(C)(C)NC(=O)OC(C)(C)C.I. The Morgan fingerprint density at radius 2 is 1.66 bits per heavy atom. The van der Waals surface area contributed by atoms with Crippen LogP contribution in [0.1, 0.15) is 40.2 Å². The van der Waals surface area contributed by atoms with E-state index < -0.39 is 17.2 Å². The van der Waals surface area contributed by atoms with Gasteiger partial charge in [-0.1, -0.05) is 6.07 Å². The molecule has 3 N–H and O–H groups in total. The van der Waals surface area contributed by atoms with Crippen molar-refractivity contribution in [2.45, 2.75) is 52.3 Å². The standard InChI is InChI=1S/C20H34N4O4.HI/c1-19(2,3)28-18(25)24-20(4,5)13-23-17(21-6)22-12-14-9-10-15(26-7)16(11-14)27-8;/h9-11H,12-13H2,1-8H3,(H,24,25)(H2,21,22,23);1H. The summed E-state index contributed by atoms with van der Waals surface area (Å²) in [5.74, 6) is 1.98. The van der Waals surface area contributed by atoms with Gasteiger partial charge in [-0.05, 0) is 52.3 Å². The molecule has 0 saturated heterocycles. The summed E-state index contributed by atoms with van der Waals surface area (Å²) in [5.41, 5.74) is -0.0415. The van der Waals surface area contributed by atoms with Gasteiger partial charge in [0, 0.05) is 20.1 Å². The average molecular weight is 522 g/mol. The lowest BCUT2D eigenvalue weighted by Crippen LogP contribution is -2.54. The number of carbonyl (C=O) groups excluding carboxylic acids is 1. The van der Waals surface area contributed by atoms with Crippen LogP contribution in [-0.4, -0.2) is 51.0 Å². The maximum absolute atomic E-state index is 12.0. The minimum atomic E-state index is -0.537. The molecule has 1 rings (SSSR count). The van der Waals surface area contributed by atoms with Crippen molar-refractivity contribution in [1.82, 2.24) is 16.0 Å². The number of hydrogen-bond donors (Lipinski definition) is 3. The number of methoxy groups -OCH3 is 2. The van der Waals surface area contributed by atoms with Crippen LogP contribution in [0.15, 0.2) is 23.2 Å². The molecule has 0 atom stereocenters. The molecule has 0 aliphatic carbocycles. The fourth-order valence-electron chi connectivity index (χ4n) is 2.33. The van der Waals surface area contributed by atoms with Gasteiger partial charge in [-0.25, -0.2) is 4.79 Å². The highest BCUT2D eigenvalue weighted by atomic mass is 127. The van der Waals surface area contributed by atoms with Crippen LogP contribution in [-0.2, 0) is 11.3 Å². The minimum Gasteiger partial charge on any atom is -0.493 e. The van der Waals surface area contributed by atoms with E-state index in [9.17, 15) is 4.79 Å². The van der Waals surface area contributed by atoms with Gasteiger partial charge >= 0.3 is 6.09 Å². The zero-order valence-corrected chi connectivity index (χ0v) is 21.0. The number of nitrogens with zero attached hydrogens (tertiary/aromatic N) is 1. The third-order valence-electron chi connectivity index (χ3n) is 3.67. The van der Waals surface area contributed by atoms with Crippen LogP contribution in [0, 0.1) is 0 Å². The van der Waals surface area contributed by atoms with E-state index in [-0.39, 0.29) is 24.0 Å². The number of rotatable bonds is 7. The van der Waals surface area contributed by atoms with Crippen LogP contribution in [0.4, 0.5) is 4.79 Å². The van der Waals surface area contributed by atoms with Crippen LogP contribution in [0.5, 0.6) is 11.5 Å². The fourth-order valence-corrected chi connectivity index (χ4v) is 2.33. The maximum Gasteiger partial charge on any atom is 0.408 e. The molecule has 0 aromatic heterocycles. The van der Waals surface area contributed by atoms with Crippen molar-refractivity contribution in [2.24, 2.45) is 4.99 Å². The van der Waals surface area contributed by atoms with Crippen LogP contribution in [0.3, 0.4) is 0 Å². The van der Waals surface area contributed by atoms with Crippen LogP contribution in [0.25, 0.3) is 0 Å². The molecule has 1 amide bonds. The quantitative estimate of drug-likeness (QED) is 0.289. The van der Waals surface area contributed by atoms with E-state index >= 15 is 0 Å². The molecule has 1 aromatic rings. The number of hydrogen-bond acceptors (Lipinski definition) is 5. The lowest BCUT2D eigenvalue weighted by atomic mass is 10.1. The van der Waals surface area contributed by atoms with Crippen molar-refractivity contribution in [3.05, 3.63) is 23.8 Å². The van der Waals surface area contributed by atoms with E-state index in [1.54, 1.807) is 21.3 Å². The zero-order valence-electron chi connectivity index (χ0n) is 18.6. The Morgan fingerprint density at radius 3 is 2.17 bits per heavy atom. The first-order valence-corrected chi connectivity index (χ1v) is 9.16. The first-order valence-electron chi connectivity index (χ1n) is 9.16. The van der Waals surface area contributed by atoms with E-state index in [1.807, 2.05) is 52.8 Å². The van der Waals surface area contributed by atoms with Gasteiger partial charge in [0.1, 0.15) is 5.60 Å². The highest BCUT2D eigenvalue weighted by Crippen LogP contribution is 2.27. The molecule has 0 heterocycles. The molecule has 0 aliphatic rings. The summed E-state index contributed by atoms with van der Waals surface area (Å²) < 4.78 is 15.9. The van der Waals surface area contributed by atoms with Crippen LogP contribution in [0.2, 0.25) is 0 Å². The third kappa shape index (κ3) is 10.4. The number of carbonyl (C=O) groups is 1. The van der Waals surface area contributed by atoms with Crippen molar-refractivity contribution in [1.29, 1.82) is 0 Å². The molecular weight excluding hydrogens is 487 g/mol. The van der Waals surface area contributed by atoms with Crippen molar-refractivity contribution < 1.29 is 19.0 Å². The topological polar surface area (TPSA) is 93.2 Å². The first-order chi connectivity index (χ1) is 13.0. The fraction of sp³-hybridized carbons (Fsp3) is 0.600. The average Bonchev–Trinajstić information content (AvgIpc) is 2.59. The maximum atomic E-state index is 12.0. The second kappa shape index (κ2) is 11.9. The summed E-state index contributed by atoms with van der Waals surface area (Å²) in [7, 11) is 4.90. The molecule has 0 fully saturated rings. The molecule has 1 aromatic carbocycles. The summed E-state index contributed by atoms with van der Waals surface area (Å²) in [6, 6.07) is 5.72. The van der Waals surface area contributed by atoms with Gasteiger partial charge in [-0.2, -0.15) is 0 Å². The number of guanidine groups is 1. The Kier molecular flexibility index (Phi) is 11.2. The molecule has 0 radical (unpaired) electrons. The number of ether oxygens (including phenoxy) is 3. The number of alkyl carbamates (subject to hydrolysis) is 1. The first kappa shape index (κ1) is 27.1. The largest absolute Gasteiger partial charge is 0.493 e. The van der Waals surface area contributed by atoms with Crippen LogP contribution < -0.4 is 25.4 Å². The number of benzene rings is 1. The normalized spacial score (nSPS) is 11.8. The van der Waals surface area contributed by atoms with Gasteiger partial charge in [0.2, 0.25) is 0 Å². The highest BCUT2D eigenvalue weighted by molar-refractivity contribution is 14.0. The molecule has 0 bridgehead atoms. The van der Waals surface area contributed by atoms with E-state index in [1.165, 1.54) is 0 Å². The van der Waals surface area contributed by atoms with Crippen molar-refractivity contribution in [3.63, 3.8) is 0 Å².